The molecule has 0 spiro atoms. The Bertz CT molecular complexity index is 143. The lowest BCUT2D eigenvalue weighted by molar-refractivity contribution is -0.106. The number of hydrogen-bond donors (Lipinski definition) is 0. The number of carbonyl (C=O) groups excluding carboxylic acids is 2. The van der Waals surface area contributed by atoms with Gasteiger partial charge in [0.15, 0.2) is 6.29 Å². The molecule has 0 bridgehead atoms. The summed E-state index contributed by atoms with van der Waals surface area (Å²) in [6.45, 7) is 1.85. The first kappa shape index (κ1) is 9.43. The van der Waals surface area contributed by atoms with Crippen LogP contribution in [0.1, 0.15) is 13.3 Å². The Balaban J connectivity index is 4.50. The summed E-state index contributed by atoms with van der Waals surface area (Å²) in [4.78, 5) is 21.1. The fraction of sp³-hybridized carbons (Fsp3) is 0.429. The first-order valence-corrected chi connectivity index (χ1v) is 4.20. The number of carbonyl (C=O) groups is 2. The predicted octanol–water partition coefficient (Wildman–Crippen LogP) is 1.41. The molecular formula is C7H10O2S. The lowest BCUT2D eigenvalue weighted by atomic mass is 10.2. The minimum absolute atomic E-state index is 0.539. The quantitative estimate of drug-likeness (QED) is 0.458. The Morgan fingerprint density at radius 2 is 2.00 bits per heavy atom. The number of rotatable bonds is 4. The molecule has 0 radical (unpaired) electrons. The average Bonchev–Trinajstić information content (AvgIpc) is 2.00. The third-order valence-corrected chi connectivity index (χ3v) is 1.96. The largest absolute Gasteiger partial charge is 0.298 e. The highest BCUT2D eigenvalue weighted by atomic mass is 32.2. The van der Waals surface area contributed by atoms with Crippen molar-refractivity contribution in [1.29, 1.82) is 0 Å². The summed E-state index contributed by atoms with van der Waals surface area (Å²) < 4.78 is 0. The Labute approximate surface area is 64.7 Å². The second-order valence-corrected chi connectivity index (χ2v) is 2.53. The Hall–Kier alpha value is -0.570. The molecule has 3 heteroatoms. The number of hydrogen-bond acceptors (Lipinski definition) is 3. The van der Waals surface area contributed by atoms with Crippen LogP contribution in [-0.4, -0.2) is 18.8 Å². The average molecular weight is 158 g/mol. The summed E-state index contributed by atoms with van der Waals surface area (Å²) in [5.74, 6) is 0. The van der Waals surface area contributed by atoms with Crippen LogP contribution in [0.25, 0.3) is 0 Å². The molecule has 0 atom stereocenters. The molecule has 0 rings (SSSR count). The van der Waals surface area contributed by atoms with Crippen LogP contribution in [0, 0.1) is 0 Å². The van der Waals surface area contributed by atoms with Gasteiger partial charge in [-0.05, 0) is 12.7 Å². The van der Waals surface area contributed by atoms with E-state index in [0.29, 0.717) is 16.9 Å². The second-order valence-electron chi connectivity index (χ2n) is 1.68. The summed E-state index contributed by atoms with van der Waals surface area (Å²) in [6.07, 6.45) is 3.86. The van der Waals surface area contributed by atoms with Gasteiger partial charge >= 0.3 is 0 Å². The van der Waals surface area contributed by atoms with Crippen molar-refractivity contribution in [3.05, 3.63) is 10.5 Å². The van der Waals surface area contributed by atoms with Crippen molar-refractivity contribution in [2.75, 3.05) is 6.26 Å². The highest BCUT2D eigenvalue weighted by Gasteiger charge is 2.00. The topological polar surface area (TPSA) is 34.1 Å². The molecule has 0 aromatic carbocycles. The SMILES string of the molecule is CC/C(C=O)=C(/C=O)SC. The lowest BCUT2D eigenvalue weighted by Gasteiger charge is -1.96. The minimum atomic E-state index is 0.539. The summed E-state index contributed by atoms with van der Waals surface area (Å²) in [6, 6.07) is 0. The van der Waals surface area contributed by atoms with Crippen molar-refractivity contribution in [2.24, 2.45) is 0 Å². The van der Waals surface area contributed by atoms with Crippen molar-refractivity contribution in [3.8, 4) is 0 Å². The van der Waals surface area contributed by atoms with Crippen LogP contribution in [0.3, 0.4) is 0 Å². The van der Waals surface area contributed by atoms with Crippen LogP contribution < -0.4 is 0 Å². The van der Waals surface area contributed by atoms with E-state index < -0.39 is 0 Å². The van der Waals surface area contributed by atoms with E-state index in [-0.39, 0.29) is 0 Å². The zero-order chi connectivity index (χ0) is 7.98. The maximum Gasteiger partial charge on any atom is 0.156 e. The number of allylic oxidation sites excluding steroid dienone is 2. The van der Waals surface area contributed by atoms with Crippen LogP contribution >= 0.6 is 11.8 Å². The highest BCUT2D eigenvalue weighted by Crippen LogP contribution is 2.14. The summed E-state index contributed by atoms with van der Waals surface area (Å²) in [5, 5.41) is 0. The second kappa shape index (κ2) is 5.23. The molecule has 0 heterocycles. The molecule has 0 saturated carbocycles. The van der Waals surface area contributed by atoms with Crippen molar-refractivity contribution >= 4 is 24.3 Å². The number of thioether (sulfide) groups is 1. The molecule has 0 saturated heterocycles. The molecule has 0 amide bonds. The van der Waals surface area contributed by atoms with E-state index in [1.165, 1.54) is 11.8 Å². The van der Waals surface area contributed by atoms with Gasteiger partial charge in [0.25, 0.3) is 0 Å². The van der Waals surface area contributed by atoms with Crippen molar-refractivity contribution in [2.45, 2.75) is 13.3 Å². The normalized spacial score (nSPS) is 12.2. The van der Waals surface area contributed by atoms with E-state index >= 15 is 0 Å². The predicted molar refractivity (Wildman–Crippen MR) is 43.0 cm³/mol. The van der Waals surface area contributed by atoms with Crippen LogP contribution in [0.15, 0.2) is 10.5 Å². The molecule has 0 N–H and O–H groups in total. The van der Waals surface area contributed by atoms with Crippen LogP contribution in [0.2, 0.25) is 0 Å². The van der Waals surface area contributed by atoms with Gasteiger partial charge in [0.1, 0.15) is 6.29 Å². The lowest BCUT2D eigenvalue weighted by Crippen LogP contribution is -1.89. The molecule has 0 aliphatic heterocycles. The summed E-state index contributed by atoms with van der Waals surface area (Å²) >= 11 is 1.31. The van der Waals surface area contributed by atoms with Gasteiger partial charge in [-0.2, -0.15) is 0 Å². The van der Waals surface area contributed by atoms with Gasteiger partial charge in [-0.1, -0.05) is 6.92 Å². The molecule has 0 aromatic rings. The maximum absolute atomic E-state index is 10.3. The molecule has 10 heavy (non-hydrogen) atoms. The van der Waals surface area contributed by atoms with Crippen molar-refractivity contribution in [1.82, 2.24) is 0 Å². The number of aldehydes is 2. The Morgan fingerprint density at radius 3 is 2.10 bits per heavy atom. The zero-order valence-corrected chi connectivity index (χ0v) is 6.90. The van der Waals surface area contributed by atoms with Crippen LogP contribution in [-0.2, 0) is 9.59 Å². The summed E-state index contributed by atoms with van der Waals surface area (Å²) in [5.41, 5.74) is 0.586. The van der Waals surface area contributed by atoms with E-state index in [9.17, 15) is 9.59 Å². The van der Waals surface area contributed by atoms with Crippen molar-refractivity contribution < 1.29 is 9.59 Å². The molecule has 0 aliphatic carbocycles. The Kier molecular flexibility index (Phi) is 4.94. The van der Waals surface area contributed by atoms with Crippen LogP contribution in [0.4, 0.5) is 0 Å². The van der Waals surface area contributed by atoms with E-state index in [0.717, 1.165) is 12.6 Å². The van der Waals surface area contributed by atoms with Gasteiger partial charge in [0.05, 0.1) is 4.91 Å². The van der Waals surface area contributed by atoms with Crippen molar-refractivity contribution in [3.63, 3.8) is 0 Å². The molecular weight excluding hydrogens is 148 g/mol. The smallest absolute Gasteiger partial charge is 0.156 e. The van der Waals surface area contributed by atoms with E-state index in [2.05, 4.69) is 0 Å². The summed E-state index contributed by atoms with van der Waals surface area (Å²) in [7, 11) is 0. The molecule has 0 fully saturated rings. The third-order valence-electron chi connectivity index (χ3n) is 1.17. The maximum atomic E-state index is 10.3. The molecule has 0 aromatic heterocycles. The van der Waals surface area contributed by atoms with Gasteiger partial charge in [0, 0.05) is 5.57 Å². The molecule has 0 aliphatic rings. The van der Waals surface area contributed by atoms with Gasteiger partial charge in [-0.3, -0.25) is 9.59 Å². The van der Waals surface area contributed by atoms with Crippen LogP contribution in [0.5, 0.6) is 0 Å². The molecule has 56 valence electrons. The van der Waals surface area contributed by atoms with Gasteiger partial charge in [-0.15, -0.1) is 11.8 Å². The first-order chi connectivity index (χ1) is 4.79. The van der Waals surface area contributed by atoms with Gasteiger partial charge in [0.2, 0.25) is 0 Å². The monoisotopic (exact) mass is 158 g/mol. The van der Waals surface area contributed by atoms with E-state index in [1.54, 1.807) is 6.26 Å². The zero-order valence-electron chi connectivity index (χ0n) is 6.09. The highest BCUT2D eigenvalue weighted by molar-refractivity contribution is 8.03. The standard InChI is InChI=1S/C7H10O2S/c1-3-6(4-8)7(5-9)10-2/h4-5H,3H2,1-2H3/b7-6+. The fourth-order valence-electron chi connectivity index (χ4n) is 0.571. The Morgan fingerprint density at radius 1 is 1.40 bits per heavy atom. The first-order valence-electron chi connectivity index (χ1n) is 2.97. The fourth-order valence-corrected chi connectivity index (χ4v) is 1.12. The van der Waals surface area contributed by atoms with Gasteiger partial charge in [-0.25, -0.2) is 0 Å². The molecule has 2 nitrogen and oxygen atoms in total. The van der Waals surface area contributed by atoms with E-state index in [4.69, 9.17) is 0 Å². The van der Waals surface area contributed by atoms with Gasteiger partial charge < -0.3 is 0 Å². The molecule has 0 unspecified atom stereocenters. The van der Waals surface area contributed by atoms with E-state index in [1.807, 2.05) is 6.92 Å². The minimum Gasteiger partial charge on any atom is -0.298 e. The third kappa shape index (κ3) is 2.35.